The van der Waals surface area contributed by atoms with Crippen molar-refractivity contribution in [3.8, 4) is 11.1 Å². The number of halogens is 1. The Balaban J connectivity index is 1.41. The summed E-state index contributed by atoms with van der Waals surface area (Å²) in [5, 5.41) is 11.8. The molecular weight excluding hydrogens is 567 g/mol. The maximum absolute atomic E-state index is 13.7. The van der Waals surface area contributed by atoms with Gasteiger partial charge >= 0.3 is 18.2 Å². The van der Waals surface area contributed by atoms with E-state index in [-0.39, 0.29) is 36.6 Å². The first kappa shape index (κ1) is 31.6. The molecular formula is C34H41FN2O7. The van der Waals surface area contributed by atoms with Crippen LogP contribution in [0.1, 0.15) is 66.0 Å². The molecule has 2 saturated carbocycles. The summed E-state index contributed by atoms with van der Waals surface area (Å²) < 4.78 is 30.1. The molecule has 5 rings (SSSR count). The fourth-order valence-electron chi connectivity index (χ4n) is 7.32. The fraction of sp³-hybridized carbons (Fsp3) is 0.529. The van der Waals surface area contributed by atoms with Crippen molar-refractivity contribution in [3.05, 3.63) is 60.2 Å². The zero-order valence-electron chi connectivity index (χ0n) is 25.9. The Labute approximate surface area is 257 Å². The molecule has 2 aliphatic carbocycles. The highest BCUT2D eigenvalue weighted by Crippen LogP contribution is 2.56. The Hall–Kier alpha value is -3.79. The minimum atomic E-state index is -1.69. The summed E-state index contributed by atoms with van der Waals surface area (Å²) in [6.07, 6.45) is 5.30. The van der Waals surface area contributed by atoms with Crippen LogP contribution in [0.2, 0.25) is 0 Å². The molecule has 1 aromatic carbocycles. The average Bonchev–Trinajstić information content (AvgIpc) is 3.17. The van der Waals surface area contributed by atoms with Crippen molar-refractivity contribution in [3.63, 3.8) is 0 Å². The molecule has 44 heavy (non-hydrogen) atoms. The van der Waals surface area contributed by atoms with E-state index in [4.69, 9.17) is 14.2 Å². The number of hydrogen-bond donors (Lipinski definition) is 1. The van der Waals surface area contributed by atoms with Gasteiger partial charge in [0.1, 0.15) is 17.5 Å². The van der Waals surface area contributed by atoms with Crippen LogP contribution in [0.25, 0.3) is 17.2 Å². The van der Waals surface area contributed by atoms with Crippen molar-refractivity contribution in [2.45, 2.75) is 83.6 Å². The average molecular weight is 609 g/mol. The van der Waals surface area contributed by atoms with Gasteiger partial charge in [0.25, 0.3) is 0 Å². The molecule has 1 N–H and O–H groups in total. The number of esters is 1. The van der Waals surface area contributed by atoms with Crippen LogP contribution in [-0.4, -0.2) is 63.1 Å². The number of allylic oxidation sites excluding steroid dienone is 1. The lowest BCUT2D eigenvalue weighted by Crippen LogP contribution is -2.57. The molecule has 9 nitrogen and oxygen atoms in total. The number of ether oxygens (including phenoxy) is 3. The van der Waals surface area contributed by atoms with Crippen molar-refractivity contribution in [2.75, 3.05) is 6.61 Å². The molecule has 1 aromatic heterocycles. The number of aromatic nitrogens is 1. The summed E-state index contributed by atoms with van der Waals surface area (Å²) >= 11 is 0. The first-order valence-electron chi connectivity index (χ1n) is 15.3. The van der Waals surface area contributed by atoms with E-state index in [2.05, 4.69) is 4.98 Å². The van der Waals surface area contributed by atoms with Crippen molar-refractivity contribution in [1.82, 2.24) is 9.88 Å². The summed E-state index contributed by atoms with van der Waals surface area (Å²) in [5.74, 6) is -1.74. The second-order valence-electron chi connectivity index (χ2n) is 13.1. The number of carbonyl (C=O) groups is 3. The molecule has 2 aromatic rings. The number of imide groups is 1. The SMILES string of the molecule is CCOC(=O)N(C(=O)OC(C)(C)C)C1CC[C@@H]2[C@@H](C1)C[C@@]1(O)C(=O)O[C@H](C)[C@H]1[C@H]2/C=C/c1ccc(-c2cccc(F)c2)cn1. The Bertz CT molecular complexity index is 1420. The van der Waals surface area contributed by atoms with E-state index in [1.807, 2.05) is 37.3 Å². The fourth-order valence-corrected chi connectivity index (χ4v) is 7.32. The van der Waals surface area contributed by atoms with Gasteiger partial charge in [-0.3, -0.25) is 4.98 Å². The monoisotopic (exact) mass is 608 g/mol. The normalized spacial score (nSPS) is 29.8. The molecule has 0 spiro atoms. The third-order valence-corrected chi connectivity index (χ3v) is 9.05. The maximum Gasteiger partial charge on any atom is 0.420 e. The summed E-state index contributed by atoms with van der Waals surface area (Å²) in [6.45, 7) is 8.78. The molecule has 10 heteroatoms. The van der Waals surface area contributed by atoms with Crippen molar-refractivity contribution >= 4 is 24.2 Å². The zero-order chi connectivity index (χ0) is 31.8. The minimum absolute atomic E-state index is 0.0685. The van der Waals surface area contributed by atoms with E-state index in [9.17, 15) is 23.9 Å². The van der Waals surface area contributed by atoms with E-state index >= 15 is 0 Å². The van der Waals surface area contributed by atoms with Gasteiger partial charge in [0.2, 0.25) is 0 Å². The molecule has 0 bridgehead atoms. The summed E-state index contributed by atoms with van der Waals surface area (Å²) in [5.41, 5.74) is -0.307. The summed E-state index contributed by atoms with van der Waals surface area (Å²) in [6, 6.07) is 9.53. The van der Waals surface area contributed by atoms with Gasteiger partial charge in [0.05, 0.1) is 12.3 Å². The van der Waals surface area contributed by atoms with Crippen LogP contribution in [0.5, 0.6) is 0 Å². The van der Waals surface area contributed by atoms with Crippen LogP contribution in [0.4, 0.5) is 14.0 Å². The van der Waals surface area contributed by atoms with Gasteiger partial charge < -0.3 is 19.3 Å². The molecule has 3 aliphatic rings. The Morgan fingerprint density at radius 3 is 2.61 bits per heavy atom. The molecule has 236 valence electrons. The number of pyridine rings is 1. The van der Waals surface area contributed by atoms with E-state index < -0.39 is 47.4 Å². The van der Waals surface area contributed by atoms with Crippen LogP contribution in [-0.2, 0) is 19.0 Å². The number of rotatable bonds is 5. The number of aliphatic hydroxyl groups is 1. The van der Waals surface area contributed by atoms with Crippen molar-refractivity contribution in [1.29, 1.82) is 0 Å². The number of fused-ring (bicyclic) bond motifs is 2. The van der Waals surface area contributed by atoms with Crippen LogP contribution in [0.15, 0.2) is 48.7 Å². The zero-order valence-corrected chi connectivity index (χ0v) is 25.9. The summed E-state index contributed by atoms with van der Waals surface area (Å²) in [4.78, 5) is 44.8. The maximum atomic E-state index is 13.7. The van der Waals surface area contributed by atoms with Gasteiger partial charge in [-0.25, -0.2) is 23.7 Å². The van der Waals surface area contributed by atoms with Gasteiger partial charge in [0.15, 0.2) is 5.60 Å². The molecule has 0 radical (unpaired) electrons. The van der Waals surface area contributed by atoms with Gasteiger partial charge in [-0.1, -0.05) is 24.3 Å². The number of cyclic esters (lactones) is 1. The Kier molecular flexibility index (Phi) is 8.84. The predicted molar refractivity (Wildman–Crippen MR) is 160 cm³/mol. The van der Waals surface area contributed by atoms with Crippen LogP contribution >= 0.6 is 0 Å². The molecule has 1 unspecified atom stereocenters. The molecule has 1 saturated heterocycles. The lowest BCUT2D eigenvalue weighted by molar-refractivity contribution is -0.162. The molecule has 2 amide bonds. The quantitative estimate of drug-likeness (QED) is 0.307. The largest absolute Gasteiger partial charge is 0.460 e. The number of hydrogen-bond acceptors (Lipinski definition) is 8. The highest BCUT2D eigenvalue weighted by molar-refractivity contribution is 5.88. The lowest BCUT2D eigenvalue weighted by atomic mass is 9.55. The number of amides is 2. The number of nitrogens with zero attached hydrogens (tertiary/aromatic N) is 2. The smallest absolute Gasteiger partial charge is 0.420 e. The van der Waals surface area contributed by atoms with Crippen LogP contribution in [0.3, 0.4) is 0 Å². The van der Waals surface area contributed by atoms with Gasteiger partial charge in [-0.15, -0.1) is 0 Å². The van der Waals surface area contributed by atoms with Crippen molar-refractivity contribution in [2.24, 2.45) is 23.7 Å². The van der Waals surface area contributed by atoms with E-state index in [1.165, 1.54) is 12.1 Å². The molecule has 3 fully saturated rings. The van der Waals surface area contributed by atoms with Crippen LogP contribution in [0, 0.1) is 29.5 Å². The molecule has 1 aliphatic heterocycles. The van der Waals surface area contributed by atoms with Gasteiger partial charge in [0, 0.05) is 23.7 Å². The highest BCUT2D eigenvalue weighted by Gasteiger charge is 2.64. The first-order valence-corrected chi connectivity index (χ1v) is 15.3. The first-order chi connectivity index (χ1) is 20.8. The third-order valence-electron chi connectivity index (χ3n) is 9.05. The third kappa shape index (κ3) is 6.36. The number of benzene rings is 1. The lowest BCUT2D eigenvalue weighted by Gasteiger charge is -2.51. The van der Waals surface area contributed by atoms with Gasteiger partial charge in [-0.2, -0.15) is 0 Å². The second-order valence-corrected chi connectivity index (χ2v) is 13.1. The standard InChI is InChI=1S/C34H41FN2O7/c1-6-42-31(39)37(32(40)44-33(3,4)5)26-13-15-27-23(17-26)18-34(41)29(20(2)43-30(34)38)28(27)14-12-25-11-10-22(19-36-25)21-8-7-9-24(35)16-21/h7-12,14,16,19-20,23,26-29,41H,6,13,15,17-18H2,1-5H3/b14-12+/t20-,23+,26?,27-,28+,29+,34+/m1/s1. The van der Waals surface area contributed by atoms with Crippen molar-refractivity contribution < 1.29 is 38.1 Å². The summed E-state index contributed by atoms with van der Waals surface area (Å²) in [7, 11) is 0. The number of carbonyl (C=O) groups excluding carboxylic acids is 3. The van der Waals surface area contributed by atoms with E-state index in [0.717, 1.165) is 16.0 Å². The topological polar surface area (TPSA) is 115 Å². The predicted octanol–water partition coefficient (Wildman–Crippen LogP) is 6.39. The molecule has 2 heterocycles. The Morgan fingerprint density at radius 2 is 1.95 bits per heavy atom. The van der Waals surface area contributed by atoms with E-state index in [0.29, 0.717) is 25.0 Å². The molecule has 7 atom stereocenters. The van der Waals surface area contributed by atoms with E-state index in [1.54, 1.807) is 40.0 Å². The van der Waals surface area contributed by atoms with Crippen LogP contribution < -0.4 is 0 Å². The minimum Gasteiger partial charge on any atom is -0.460 e. The Morgan fingerprint density at radius 1 is 1.18 bits per heavy atom. The second kappa shape index (κ2) is 12.3. The van der Waals surface area contributed by atoms with Gasteiger partial charge in [-0.05, 0) is 108 Å². The highest BCUT2D eigenvalue weighted by atomic mass is 19.1.